The second-order valence-electron chi connectivity index (χ2n) is 12.1. The van der Waals surface area contributed by atoms with Crippen LogP contribution in [0, 0.1) is 13.8 Å². The Morgan fingerprint density at radius 2 is 1.29 bits per heavy atom. The van der Waals surface area contributed by atoms with Crippen molar-refractivity contribution in [1.82, 2.24) is 0 Å². The van der Waals surface area contributed by atoms with E-state index in [1.54, 1.807) is 0 Å². The number of fused-ring (bicyclic) bond motifs is 4. The molecular formula is C37H37N. The number of rotatable bonds is 3. The molecule has 0 amide bonds. The molecule has 1 aliphatic carbocycles. The molecule has 1 heteroatoms. The highest BCUT2D eigenvalue weighted by atomic mass is 15.2. The maximum atomic E-state index is 8.57. The van der Waals surface area contributed by atoms with Crippen molar-refractivity contribution in [2.45, 2.75) is 59.3 Å². The first-order chi connectivity index (χ1) is 19.3. The van der Waals surface area contributed by atoms with Crippen LogP contribution < -0.4 is 4.90 Å². The fourth-order valence-electron chi connectivity index (χ4n) is 6.35. The Labute approximate surface area is 232 Å². The zero-order valence-corrected chi connectivity index (χ0v) is 23.2. The monoisotopic (exact) mass is 498 g/mol. The highest BCUT2D eigenvalue weighted by molar-refractivity contribution is 6.06. The summed E-state index contributed by atoms with van der Waals surface area (Å²) in [6.45, 7) is 11.1. The number of anilines is 2. The van der Waals surface area contributed by atoms with E-state index >= 15 is 0 Å². The van der Waals surface area contributed by atoms with Crippen molar-refractivity contribution in [2.24, 2.45) is 0 Å². The van der Waals surface area contributed by atoms with Gasteiger partial charge in [0.1, 0.15) is 0 Å². The van der Waals surface area contributed by atoms with Crippen molar-refractivity contribution in [3.05, 3.63) is 119 Å². The van der Waals surface area contributed by atoms with E-state index in [0.29, 0.717) is 5.56 Å². The van der Waals surface area contributed by atoms with E-state index in [4.69, 9.17) is 4.11 Å². The first kappa shape index (κ1) is 21.1. The lowest BCUT2D eigenvalue weighted by atomic mass is 9.80. The minimum absolute atomic E-state index is 0.191. The Morgan fingerprint density at radius 3 is 2.03 bits per heavy atom. The van der Waals surface area contributed by atoms with E-state index in [1.807, 2.05) is 18.2 Å². The molecule has 5 aromatic carbocycles. The lowest BCUT2D eigenvalue weighted by Crippen LogP contribution is -2.38. The molecular weight excluding hydrogens is 458 g/mol. The van der Waals surface area contributed by atoms with Crippen molar-refractivity contribution in [3.8, 4) is 22.3 Å². The van der Waals surface area contributed by atoms with Crippen LogP contribution in [0.25, 0.3) is 33.0 Å². The van der Waals surface area contributed by atoms with Crippen LogP contribution in [0.5, 0.6) is 0 Å². The van der Waals surface area contributed by atoms with E-state index in [2.05, 4.69) is 125 Å². The quantitative estimate of drug-likeness (QED) is 0.239. The van der Waals surface area contributed by atoms with Crippen LogP contribution in [0.1, 0.15) is 61.0 Å². The lowest BCUT2D eigenvalue weighted by Gasteiger charge is -2.39. The Kier molecular flexibility index (Phi) is 4.78. The first-order valence-electron chi connectivity index (χ1n) is 15.0. The SMILES string of the molecule is [2H]C([2H])([2H])c1cc2c(cc1-c1ccc(N(c3ccccc3C)C(C)(C)C)c3ccccc13)C(C)(C)c1ccccc1-2. The summed E-state index contributed by atoms with van der Waals surface area (Å²) in [7, 11) is 0. The molecule has 0 atom stereocenters. The molecule has 0 saturated heterocycles. The summed E-state index contributed by atoms with van der Waals surface area (Å²) in [5.74, 6) is 0. The Bertz CT molecular complexity index is 1800. The van der Waals surface area contributed by atoms with Crippen LogP contribution in [-0.4, -0.2) is 5.54 Å². The molecule has 5 aromatic rings. The summed E-state index contributed by atoms with van der Waals surface area (Å²) in [6.07, 6.45) is 0. The average molecular weight is 499 g/mol. The molecule has 190 valence electrons. The van der Waals surface area contributed by atoms with Crippen LogP contribution in [0.4, 0.5) is 11.4 Å². The van der Waals surface area contributed by atoms with Gasteiger partial charge in [-0.25, -0.2) is 0 Å². The molecule has 0 unspecified atom stereocenters. The number of nitrogens with zero attached hydrogens (tertiary/aromatic N) is 1. The van der Waals surface area contributed by atoms with Gasteiger partial charge in [-0.1, -0.05) is 92.7 Å². The van der Waals surface area contributed by atoms with Crippen molar-refractivity contribution in [3.63, 3.8) is 0 Å². The average Bonchev–Trinajstić information content (AvgIpc) is 3.14. The summed E-state index contributed by atoms with van der Waals surface area (Å²) in [5, 5.41) is 2.15. The zero-order chi connectivity index (χ0) is 29.3. The van der Waals surface area contributed by atoms with Gasteiger partial charge in [-0.15, -0.1) is 0 Å². The molecule has 0 heterocycles. The third-order valence-electron chi connectivity index (χ3n) is 8.18. The maximum absolute atomic E-state index is 8.57. The molecule has 0 bridgehead atoms. The molecule has 1 nitrogen and oxygen atoms in total. The third-order valence-corrected chi connectivity index (χ3v) is 8.18. The van der Waals surface area contributed by atoms with Crippen molar-refractivity contribution in [1.29, 1.82) is 0 Å². The number of para-hydroxylation sites is 1. The molecule has 0 aromatic heterocycles. The summed E-state index contributed by atoms with van der Waals surface area (Å²) in [5.41, 5.74) is 9.76. The van der Waals surface area contributed by atoms with Gasteiger partial charge in [-0.05, 0) is 103 Å². The first-order valence-corrected chi connectivity index (χ1v) is 13.5. The van der Waals surface area contributed by atoms with Crippen LogP contribution in [0.15, 0.2) is 97.1 Å². The summed E-state index contributed by atoms with van der Waals surface area (Å²) in [4.78, 5) is 2.40. The molecule has 0 saturated carbocycles. The van der Waals surface area contributed by atoms with Crippen LogP contribution in [-0.2, 0) is 5.41 Å². The molecule has 0 aliphatic heterocycles. The third kappa shape index (κ3) is 3.68. The van der Waals surface area contributed by atoms with E-state index in [0.717, 1.165) is 44.4 Å². The van der Waals surface area contributed by atoms with E-state index in [1.165, 1.54) is 16.7 Å². The van der Waals surface area contributed by atoms with Gasteiger partial charge in [0.15, 0.2) is 0 Å². The predicted molar refractivity (Wildman–Crippen MR) is 165 cm³/mol. The molecule has 0 fully saturated rings. The van der Waals surface area contributed by atoms with E-state index in [-0.39, 0.29) is 11.0 Å². The van der Waals surface area contributed by atoms with Crippen molar-refractivity contribution >= 4 is 22.1 Å². The number of hydrogen-bond acceptors (Lipinski definition) is 1. The van der Waals surface area contributed by atoms with Gasteiger partial charge in [0.2, 0.25) is 0 Å². The summed E-state index contributed by atoms with van der Waals surface area (Å²) >= 11 is 0. The van der Waals surface area contributed by atoms with Gasteiger partial charge in [0.05, 0.1) is 0 Å². The molecule has 0 spiro atoms. The smallest absolute Gasteiger partial charge is 0.0495 e. The maximum Gasteiger partial charge on any atom is 0.0495 e. The second-order valence-corrected chi connectivity index (χ2v) is 12.1. The van der Waals surface area contributed by atoms with Gasteiger partial charge in [-0.2, -0.15) is 0 Å². The highest BCUT2D eigenvalue weighted by Crippen LogP contribution is 2.51. The van der Waals surface area contributed by atoms with Gasteiger partial charge in [-0.3, -0.25) is 0 Å². The number of hydrogen-bond donors (Lipinski definition) is 0. The van der Waals surface area contributed by atoms with Crippen molar-refractivity contribution < 1.29 is 4.11 Å². The fraction of sp³-hybridized carbons (Fsp3) is 0.243. The standard InChI is InChI=1S/C37H37N/c1-24-14-8-13-19-34(24)38(36(3,4)5)35-21-20-27(26-15-9-10-17-29(26)35)30-23-33-31(22-25(30)2)28-16-11-12-18-32(28)37(33,6)7/h8-23H,1-7H3/i2D3. The lowest BCUT2D eigenvalue weighted by molar-refractivity contribution is 0.560. The molecule has 0 N–H and O–H groups in total. The molecule has 38 heavy (non-hydrogen) atoms. The van der Waals surface area contributed by atoms with E-state index in [9.17, 15) is 0 Å². The van der Waals surface area contributed by atoms with Gasteiger partial charge in [0.25, 0.3) is 0 Å². The topological polar surface area (TPSA) is 3.24 Å². The predicted octanol–water partition coefficient (Wildman–Crippen LogP) is 10.4. The van der Waals surface area contributed by atoms with Crippen LogP contribution in [0.3, 0.4) is 0 Å². The van der Waals surface area contributed by atoms with Gasteiger partial charge in [0, 0.05) is 31.8 Å². The van der Waals surface area contributed by atoms with Gasteiger partial charge < -0.3 is 4.90 Å². The molecule has 1 aliphatic rings. The van der Waals surface area contributed by atoms with Crippen molar-refractivity contribution in [2.75, 3.05) is 4.90 Å². The molecule has 6 rings (SSSR count). The second kappa shape index (κ2) is 8.60. The Morgan fingerprint density at radius 1 is 0.605 bits per heavy atom. The number of benzene rings is 5. The van der Waals surface area contributed by atoms with Crippen LogP contribution >= 0.6 is 0 Å². The van der Waals surface area contributed by atoms with E-state index < -0.39 is 6.85 Å². The fourth-order valence-corrected chi connectivity index (χ4v) is 6.35. The molecule has 0 radical (unpaired) electrons. The van der Waals surface area contributed by atoms with Gasteiger partial charge >= 0.3 is 0 Å². The minimum atomic E-state index is -2.26. The number of aryl methyl sites for hydroxylation is 2. The Hall–Kier alpha value is -3.84. The summed E-state index contributed by atoms with van der Waals surface area (Å²) < 4.78 is 25.7. The zero-order valence-electron chi connectivity index (χ0n) is 26.2. The normalized spacial score (nSPS) is 15.4. The largest absolute Gasteiger partial charge is 0.335 e. The Balaban J connectivity index is 1.64. The minimum Gasteiger partial charge on any atom is -0.335 e. The highest BCUT2D eigenvalue weighted by Gasteiger charge is 2.36. The summed E-state index contributed by atoms with van der Waals surface area (Å²) in [6, 6.07) is 33.7. The van der Waals surface area contributed by atoms with Crippen LogP contribution in [0.2, 0.25) is 0 Å².